The molecule has 5 heteroatoms. The van der Waals surface area contributed by atoms with Crippen LogP contribution in [-0.2, 0) is 22.4 Å². The van der Waals surface area contributed by atoms with E-state index in [1.807, 2.05) is 42.5 Å². The van der Waals surface area contributed by atoms with Crippen LogP contribution in [0, 0.1) is 5.92 Å². The molecule has 0 heterocycles. The number of carboxylic acid groups (broad SMARTS) is 1. The van der Waals surface area contributed by atoms with Crippen LogP contribution in [0.3, 0.4) is 0 Å². The minimum Gasteiger partial charge on any atom is -0.480 e. The second-order valence-electron chi connectivity index (χ2n) is 8.56. The van der Waals surface area contributed by atoms with E-state index < -0.39 is 18.1 Å². The number of rotatable bonds is 5. The summed E-state index contributed by atoms with van der Waals surface area (Å²) < 4.78 is 5.57. The van der Waals surface area contributed by atoms with E-state index >= 15 is 0 Å². The number of benzene rings is 3. The van der Waals surface area contributed by atoms with Crippen LogP contribution in [0.2, 0.25) is 0 Å². The van der Waals surface area contributed by atoms with Gasteiger partial charge in [0.2, 0.25) is 0 Å². The van der Waals surface area contributed by atoms with Gasteiger partial charge in [-0.3, -0.25) is 0 Å². The van der Waals surface area contributed by atoms with Gasteiger partial charge in [-0.2, -0.15) is 0 Å². The zero-order chi connectivity index (χ0) is 22.1. The summed E-state index contributed by atoms with van der Waals surface area (Å²) in [5.41, 5.74) is 6.97. The van der Waals surface area contributed by atoms with Gasteiger partial charge in [-0.15, -0.1) is 0 Å². The van der Waals surface area contributed by atoms with Crippen LogP contribution in [0.15, 0.2) is 72.8 Å². The molecule has 2 atom stereocenters. The number of amides is 1. The van der Waals surface area contributed by atoms with Crippen LogP contribution in [0.4, 0.5) is 4.79 Å². The Kier molecular flexibility index (Phi) is 5.39. The first kappa shape index (κ1) is 20.3. The molecule has 0 saturated heterocycles. The summed E-state index contributed by atoms with van der Waals surface area (Å²) in [5.74, 6) is -1.25. The van der Waals surface area contributed by atoms with Crippen LogP contribution in [0.5, 0.6) is 0 Å². The number of aryl methyl sites for hydroxylation is 1. The van der Waals surface area contributed by atoms with Crippen molar-refractivity contribution in [3.63, 3.8) is 0 Å². The Labute approximate surface area is 187 Å². The Morgan fingerprint density at radius 3 is 2.16 bits per heavy atom. The Bertz CT molecular complexity index is 1130. The molecular formula is C27H25NO4. The predicted molar refractivity (Wildman–Crippen MR) is 122 cm³/mol. The molecule has 5 nitrogen and oxygen atoms in total. The lowest BCUT2D eigenvalue weighted by Crippen LogP contribution is -2.48. The number of carboxylic acids is 1. The van der Waals surface area contributed by atoms with Crippen molar-refractivity contribution >= 4 is 12.1 Å². The van der Waals surface area contributed by atoms with Crippen molar-refractivity contribution in [1.82, 2.24) is 5.32 Å². The van der Waals surface area contributed by atoms with Crippen molar-refractivity contribution in [3.05, 3.63) is 95.1 Å². The van der Waals surface area contributed by atoms with Gasteiger partial charge in [0, 0.05) is 5.92 Å². The first-order chi connectivity index (χ1) is 15.6. The van der Waals surface area contributed by atoms with E-state index in [1.165, 1.54) is 5.56 Å². The molecule has 0 radical (unpaired) electrons. The minimum atomic E-state index is -1.03. The van der Waals surface area contributed by atoms with Crippen LogP contribution in [0.25, 0.3) is 11.1 Å². The molecule has 162 valence electrons. The molecule has 0 saturated carbocycles. The fraction of sp³-hybridized carbons (Fsp3) is 0.259. The largest absolute Gasteiger partial charge is 0.480 e. The van der Waals surface area contributed by atoms with Crippen molar-refractivity contribution < 1.29 is 19.4 Å². The Morgan fingerprint density at radius 2 is 1.50 bits per heavy atom. The lowest BCUT2D eigenvalue weighted by atomic mass is 9.80. The topological polar surface area (TPSA) is 75.6 Å². The van der Waals surface area contributed by atoms with Gasteiger partial charge in [0.05, 0.1) is 0 Å². The monoisotopic (exact) mass is 427 g/mol. The van der Waals surface area contributed by atoms with Crippen LogP contribution >= 0.6 is 0 Å². The average Bonchev–Trinajstić information content (AvgIpc) is 3.14. The summed E-state index contributed by atoms with van der Waals surface area (Å²) in [4.78, 5) is 24.6. The molecule has 0 spiro atoms. The Hall–Kier alpha value is -3.60. The number of hydrogen-bond donors (Lipinski definition) is 2. The number of ether oxygens (including phenoxy) is 1. The third-order valence-corrected chi connectivity index (χ3v) is 6.74. The fourth-order valence-corrected chi connectivity index (χ4v) is 5.16. The molecule has 2 N–H and O–H groups in total. The second kappa shape index (κ2) is 8.50. The lowest BCUT2D eigenvalue weighted by molar-refractivity contribution is -0.141. The Morgan fingerprint density at radius 1 is 0.906 bits per heavy atom. The highest BCUT2D eigenvalue weighted by Crippen LogP contribution is 2.44. The third kappa shape index (κ3) is 3.75. The van der Waals surface area contributed by atoms with Crippen molar-refractivity contribution in [2.45, 2.75) is 31.2 Å². The number of hydrogen-bond acceptors (Lipinski definition) is 3. The standard InChI is InChI=1S/C27H25NO4/c29-26(30)25(19-14-13-17-7-1-2-8-18(17)15-19)28-27(31)32-16-24-22-11-5-3-9-20(22)21-10-4-6-12-23(21)24/h1-12,19,24-25H,13-16H2,(H,28,31)(H,29,30). The third-order valence-electron chi connectivity index (χ3n) is 6.74. The van der Waals surface area contributed by atoms with Gasteiger partial charge in [0.15, 0.2) is 0 Å². The van der Waals surface area contributed by atoms with Crippen molar-refractivity contribution in [3.8, 4) is 11.1 Å². The summed E-state index contributed by atoms with van der Waals surface area (Å²) in [6.45, 7) is 0.166. The molecular weight excluding hydrogens is 402 g/mol. The number of fused-ring (bicyclic) bond motifs is 4. The summed E-state index contributed by atoms with van der Waals surface area (Å²) in [6, 6.07) is 23.4. The second-order valence-corrected chi connectivity index (χ2v) is 8.56. The molecule has 0 bridgehead atoms. The van der Waals surface area contributed by atoms with Crippen molar-refractivity contribution in [2.24, 2.45) is 5.92 Å². The predicted octanol–water partition coefficient (Wildman–Crippen LogP) is 4.78. The molecule has 2 aliphatic carbocycles. The summed E-state index contributed by atoms with van der Waals surface area (Å²) >= 11 is 0. The smallest absolute Gasteiger partial charge is 0.407 e. The molecule has 0 fully saturated rings. The summed E-state index contributed by atoms with van der Waals surface area (Å²) in [6.07, 6.45) is 1.49. The van der Waals surface area contributed by atoms with E-state index in [1.54, 1.807) is 0 Å². The highest BCUT2D eigenvalue weighted by molar-refractivity contribution is 5.81. The molecule has 32 heavy (non-hydrogen) atoms. The average molecular weight is 428 g/mol. The summed E-state index contributed by atoms with van der Waals surface area (Å²) in [7, 11) is 0. The molecule has 0 aromatic heterocycles. The molecule has 3 aromatic carbocycles. The van der Waals surface area contributed by atoms with E-state index in [-0.39, 0.29) is 18.4 Å². The van der Waals surface area contributed by atoms with Crippen LogP contribution in [0.1, 0.15) is 34.6 Å². The minimum absolute atomic E-state index is 0.0574. The molecule has 2 unspecified atom stereocenters. The van der Waals surface area contributed by atoms with Gasteiger partial charge in [-0.25, -0.2) is 9.59 Å². The van der Waals surface area contributed by atoms with Gasteiger partial charge in [-0.05, 0) is 58.6 Å². The lowest BCUT2D eigenvalue weighted by Gasteiger charge is -2.29. The fourth-order valence-electron chi connectivity index (χ4n) is 5.16. The van der Waals surface area contributed by atoms with Crippen molar-refractivity contribution in [2.75, 3.05) is 6.61 Å². The quantitative estimate of drug-likeness (QED) is 0.614. The zero-order valence-electron chi connectivity index (χ0n) is 17.7. The first-order valence-electron chi connectivity index (χ1n) is 11.0. The van der Waals surface area contributed by atoms with Crippen molar-refractivity contribution in [1.29, 1.82) is 0 Å². The van der Waals surface area contributed by atoms with E-state index in [0.717, 1.165) is 40.7 Å². The van der Waals surface area contributed by atoms with Gasteiger partial charge < -0.3 is 15.2 Å². The van der Waals surface area contributed by atoms with Gasteiger partial charge in [0.1, 0.15) is 12.6 Å². The number of alkyl carbamates (subject to hydrolysis) is 1. The number of carbonyl (C=O) groups excluding carboxylic acids is 1. The number of carbonyl (C=O) groups is 2. The highest BCUT2D eigenvalue weighted by Gasteiger charge is 2.34. The van der Waals surface area contributed by atoms with Gasteiger partial charge >= 0.3 is 12.1 Å². The first-order valence-corrected chi connectivity index (χ1v) is 11.0. The number of aliphatic carboxylic acids is 1. The SMILES string of the molecule is O=C(NC(C(=O)O)C1CCc2ccccc2C1)OCC1c2ccccc2-c2ccccc21. The zero-order valence-corrected chi connectivity index (χ0v) is 17.7. The maximum atomic E-state index is 12.6. The maximum Gasteiger partial charge on any atom is 0.407 e. The molecule has 2 aliphatic rings. The van der Waals surface area contributed by atoms with E-state index in [0.29, 0.717) is 6.42 Å². The van der Waals surface area contributed by atoms with Crippen LogP contribution in [-0.4, -0.2) is 29.8 Å². The number of nitrogens with one attached hydrogen (secondary N) is 1. The van der Waals surface area contributed by atoms with E-state index in [4.69, 9.17) is 4.74 Å². The molecule has 1 amide bonds. The maximum absolute atomic E-state index is 12.6. The Balaban J connectivity index is 1.27. The van der Waals surface area contributed by atoms with E-state index in [2.05, 4.69) is 35.6 Å². The summed E-state index contributed by atoms with van der Waals surface area (Å²) in [5, 5.41) is 12.4. The highest BCUT2D eigenvalue weighted by atomic mass is 16.5. The van der Waals surface area contributed by atoms with Gasteiger partial charge in [-0.1, -0.05) is 72.8 Å². The van der Waals surface area contributed by atoms with Gasteiger partial charge in [0.25, 0.3) is 0 Å². The van der Waals surface area contributed by atoms with E-state index in [9.17, 15) is 14.7 Å². The van der Waals surface area contributed by atoms with Crippen LogP contribution < -0.4 is 5.32 Å². The molecule has 3 aromatic rings. The molecule has 0 aliphatic heterocycles. The molecule has 5 rings (SSSR count). The normalized spacial score (nSPS) is 17.6.